The Morgan fingerprint density at radius 3 is 2.32 bits per heavy atom. The molecule has 0 atom stereocenters. The predicted molar refractivity (Wildman–Crippen MR) is 80.1 cm³/mol. The van der Waals surface area contributed by atoms with Crippen molar-refractivity contribution in [3.63, 3.8) is 0 Å². The summed E-state index contributed by atoms with van der Waals surface area (Å²) in [6.07, 6.45) is 12.6. The summed E-state index contributed by atoms with van der Waals surface area (Å²) in [7, 11) is 2.26. The number of nitrogens with zero attached hydrogens (tertiary/aromatic N) is 1. The summed E-state index contributed by atoms with van der Waals surface area (Å²) < 4.78 is 0. The van der Waals surface area contributed by atoms with Gasteiger partial charge >= 0.3 is 0 Å². The zero-order chi connectivity index (χ0) is 13.7. The first-order chi connectivity index (χ1) is 9.13. The molecule has 2 saturated carbocycles. The Morgan fingerprint density at radius 1 is 1.11 bits per heavy atom. The standard InChI is InChI=1S/C16H32N2O/c1-18(12-9-14-5-3-2-4-6-14)15-7-10-16(19,13-17)11-8-15/h14-15,19H,2-13,17H2,1H3. The van der Waals surface area contributed by atoms with Crippen LogP contribution in [0.2, 0.25) is 0 Å². The topological polar surface area (TPSA) is 49.5 Å². The van der Waals surface area contributed by atoms with Crippen molar-refractivity contribution in [2.24, 2.45) is 11.7 Å². The Labute approximate surface area is 118 Å². The van der Waals surface area contributed by atoms with Crippen molar-refractivity contribution in [3.8, 4) is 0 Å². The quantitative estimate of drug-likeness (QED) is 0.805. The van der Waals surface area contributed by atoms with E-state index in [1.165, 1.54) is 45.1 Å². The zero-order valence-electron chi connectivity index (χ0n) is 12.6. The van der Waals surface area contributed by atoms with Gasteiger partial charge < -0.3 is 15.7 Å². The molecule has 19 heavy (non-hydrogen) atoms. The van der Waals surface area contributed by atoms with Gasteiger partial charge in [0.1, 0.15) is 0 Å². The molecule has 0 aromatic heterocycles. The maximum Gasteiger partial charge on any atom is 0.0770 e. The molecular formula is C16H32N2O. The van der Waals surface area contributed by atoms with Gasteiger partial charge in [0.25, 0.3) is 0 Å². The van der Waals surface area contributed by atoms with E-state index in [-0.39, 0.29) is 0 Å². The molecule has 3 nitrogen and oxygen atoms in total. The third-order valence-corrected chi connectivity index (χ3v) is 5.50. The second-order valence-corrected chi connectivity index (χ2v) is 6.93. The molecule has 2 rings (SSSR count). The highest BCUT2D eigenvalue weighted by molar-refractivity contribution is 4.89. The summed E-state index contributed by atoms with van der Waals surface area (Å²) in [6.45, 7) is 1.65. The van der Waals surface area contributed by atoms with Crippen molar-refractivity contribution in [2.75, 3.05) is 20.1 Å². The Kier molecular flexibility index (Phi) is 5.67. The highest BCUT2D eigenvalue weighted by atomic mass is 16.3. The van der Waals surface area contributed by atoms with Crippen LogP contribution in [-0.4, -0.2) is 41.8 Å². The largest absolute Gasteiger partial charge is 0.389 e. The lowest BCUT2D eigenvalue weighted by molar-refractivity contribution is -0.0101. The van der Waals surface area contributed by atoms with Crippen molar-refractivity contribution in [3.05, 3.63) is 0 Å². The summed E-state index contributed by atoms with van der Waals surface area (Å²) in [5.74, 6) is 0.973. The van der Waals surface area contributed by atoms with E-state index < -0.39 is 5.60 Å². The fourth-order valence-corrected chi connectivity index (χ4v) is 3.83. The zero-order valence-corrected chi connectivity index (χ0v) is 12.6. The van der Waals surface area contributed by atoms with E-state index in [9.17, 15) is 5.11 Å². The lowest BCUT2D eigenvalue weighted by Gasteiger charge is -2.39. The van der Waals surface area contributed by atoms with Crippen LogP contribution in [0.15, 0.2) is 0 Å². The van der Waals surface area contributed by atoms with E-state index >= 15 is 0 Å². The van der Waals surface area contributed by atoms with Crippen molar-refractivity contribution >= 4 is 0 Å². The molecule has 2 fully saturated rings. The van der Waals surface area contributed by atoms with E-state index in [4.69, 9.17) is 5.73 Å². The molecule has 0 unspecified atom stereocenters. The van der Waals surface area contributed by atoms with Crippen molar-refractivity contribution in [1.82, 2.24) is 4.90 Å². The lowest BCUT2D eigenvalue weighted by Crippen LogP contribution is -2.46. The minimum atomic E-state index is -0.569. The van der Waals surface area contributed by atoms with Crippen LogP contribution in [0, 0.1) is 5.92 Å². The second kappa shape index (κ2) is 7.05. The molecule has 0 aliphatic heterocycles. The Hall–Kier alpha value is -0.120. The van der Waals surface area contributed by atoms with Crippen molar-refractivity contribution in [1.29, 1.82) is 0 Å². The molecule has 0 spiro atoms. The minimum absolute atomic E-state index is 0.422. The Balaban J connectivity index is 1.67. The van der Waals surface area contributed by atoms with Gasteiger partial charge in [0.2, 0.25) is 0 Å². The minimum Gasteiger partial charge on any atom is -0.389 e. The third-order valence-electron chi connectivity index (χ3n) is 5.50. The van der Waals surface area contributed by atoms with Gasteiger partial charge in [-0.1, -0.05) is 32.1 Å². The van der Waals surface area contributed by atoms with E-state index in [2.05, 4.69) is 11.9 Å². The summed E-state index contributed by atoms with van der Waals surface area (Å²) in [4.78, 5) is 2.53. The summed E-state index contributed by atoms with van der Waals surface area (Å²) >= 11 is 0. The number of hydrogen-bond acceptors (Lipinski definition) is 3. The van der Waals surface area contributed by atoms with Crippen LogP contribution in [0.4, 0.5) is 0 Å². The third kappa shape index (κ3) is 4.44. The number of nitrogens with two attached hydrogens (primary N) is 1. The average molecular weight is 268 g/mol. The van der Waals surface area contributed by atoms with Crippen LogP contribution in [-0.2, 0) is 0 Å². The summed E-state index contributed by atoms with van der Waals surface area (Å²) in [5, 5.41) is 10.2. The molecule has 3 heteroatoms. The van der Waals surface area contributed by atoms with E-state index in [0.29, 0.717) is 12.6 Å². The predicted octanol–water partition coefficient (Wildman–Crippen LogP) is 2.52. The molecule has 0 bridgehead atoms. The first-order valence-corrected chi connectivity index (χ1v) is 8.26. The number of hydrogen-bond donors (Lipinski definition) is 2. The van der Waals surface area contributed by atoms with Gasteiger partial charge in [0.05, 0.1) is 5.60 Å². The molecule has 0 amide bonds. The van der Waals surface area contributed by atoms with Crippen LogP contribution in [0.5, 0.6) is 0 Å². The highest BCUT2D eigenvalue weighted by Gasteiger charge is 2.33. The van der Waals surface area contributed by atoms with Gasteiger partial charge in [0.15, 0.2) is 0 Å². The summed E-state index contributed by atoms with van der Waals surface area (Å²) in [6, 6.07) is 0.662. The van der Waals surface area contributed by atoms with E-state index in [1.54, 1.807) is 0 Å². The van der Waals surface area contributed by atoms with Crippen LogP contribution in [0.25, 0.3) is 0 Å². The summed E-state index contributed by atoms with van der Waals surface area (Å²) in [5.41, 5.74) is 5.08. The van der Waals surface area contributed by atoms with Gasteiger partial charge in [-0.05, 0) is 51.6 Å². The van der Waals surface area contributed by atoms with Gasteiger partial charge in [0, 0.05) is 12.6 Å². The molecule has 0 aromatic carbocycles. The van der Waals surface area contributed by atoms with Crippen LogP contribution in [0.3, 0.4) is 0 Å². The van der Waals surface area contributed by atoms with Crippen LogP contribution in [0.1, 0.15) is 64.2 Å². The fourth-order valence-electron chi connectivity index (χ4n) is 3.83. The van der Waals surface area contributed by atoms with Crippen LogP contribution >= 0.6 is 0 Å². The average Bonchev–Trinajstić information content (AvgIpc) is 2.47. The normalized spacial score (nSPS) is 33.8. The molecular weight excluding hydrogens is 236 g/mol. The monoisotopic (exact) mass is 268 g/mol. The maximum absolute atomic E-state index is 10.2. The smallest absolute Gasteiger partial charge is 0.0770 e. The number of aliphatic hydroxyl groups is 1. The van der Waals surface area contributed by atoms with Crippen molar-refractivity contribution < 1.29 is 5.11 Å². The molecule has 0 radical (unpaired) electrons. The van der Waals surface area contributed by atoms with Crippen molar-refractivity contribution in [2.45, 2.75) is 75.9 Å². The molecule has 2 aliphatic carbocycles. The SMILES string of the molecule is CN(CCC1CCCCC1)C1CCC(O)(CN)CC1. The molecule has 0 heterocycles. The molecule has 3 N–H and O–H groups in total. The van der Waals surface area contributed by atoms with Gasteiger partial charge in [-0.25, -0.2) is 0 Å². The van der Waals surface area contributed by atoms with E-state index in [1.807, 2.05) is 0 Å². The first-order valence-electron chi connectivity index (χ1n) is 8.26. The highest BCUT2D eigenvalue weighted by Crippen LogP contribution is 2.31. The molecule has 112 valence electrons. The second-order valence-electron chi connectivity index (χ2n) is 6.93. The number of rotatable bonds is 5. The van der Waals surface area contributed by atoms with Gasteiger partial charge in [-0.2, -0.15) is 0 Å². The van der Waals surface area contributed by atoms with Gasteiger partial charge in [-0.3, -0.25) is 0 Å². The van der Waals surface area contributed by atoms with E-state index in [0.717, 1.165) is 31.6 Å². The first kappa shape index (κ1) is 15.3. The molecule has 2 aliphatic rings. The lowest BCUT2D eigenvalue weighted by atomic mass is 9.81. The van der Waals surface area contributed by atoms with Crippen LogP contribution < -0.4 is 5.73 Å². The Morgan fingerprint density at radius 2 is 1.74 bits per heavy atom. The Bertz CT molecular complexity index is 255. The molecule has 0 saturated heterocycles. The molecule has 0 aromatic rings. The fraction of sp³-hybridized carbons (Fsp3) is 1.00. The maximum atomic E-state index is 10.2. The van der Waals surface area contributed by atoms with Gasteiger partial charge in [-0.15, -0.1) is 0 Å².